The Morgan fingerprint density at radius 1 is 1.13 bits per heavy atom. The summed E-state index contributed by atoms with van der Waals surface area (Å²) in [5.74, 6) is -1.15. The van der Waals surface area contributed by atoms with Crippen molar-refractivity contribution in [3.05, 3.63) is 65.2 Å². The third kappa shape index (κ3) is 4.20. The van der Waals surface area contributed by atoms with Crippen molar-refractivity contribution in [2.45, 2.75) is 6.92 Å². The highest BCUT2D eigenvalue weighted by Gasteiger charge is 2.12. The molecule has 0 aromatic heterocycles. The van der Waals surface area contributed by atoms with Crippen LogP contribution in [0.4, 0.5) is 0 Å². The number of carboxylic acid groups (broad SMARTS) is 1. The molecule has 0 radical (unpaired) electrons. The highest BCUT2D eigenvalue weighted by molar-refractivity contribution is 6.09. The third-order valence-electron chi connectivity index (χ3n) is 3.13. The molecular weight excluding hydrogens is 296 g/mol. The molecule has 2 aromatic rings. The molecule has 0 atom stereocenters. The van der Waals surface area contributed by atoms with Gasteiger partial charge in [0.15, 0.2) is 5.78 Å². The Morgan fingerprint density at radius 3 is 2.43 bits per heavy atom. The summed E-state index contributed by atoms with van der Waals surface area (Å²) in [6, 6.07) is 10.8. The first-order valence-corrected chi connectivity index (χ1v) is 7.03. The van der Waals surface area contributed by atoms with E-state index in [9.17, 15) is 14.7 Å². The van der Waals surface area contributed by atoms with Crippen LogP contribution in [0.3, 0.4) is 0 Å². The molecule has 5 heteroatoms. The van der Waals surface area contributed by atoms with Crippen molar-refractivity contribution >= 4 is 17.8 Å². The van der Waals surface area contributed by atoms with Gasteiger partial charge in [-0.3, -0.25) is 4.79 Å². The summed E-state index contributed by atoms with van der Waals surface area (Å²) >= 11 is 0. The summed E-state index contributed by atoms with van der Waals surface area (Å²) in [4.78, 5) is 23.0. The monoisotopic (exact) mass is 312 g/mol. The molecule has 0 aliphatic rings. The van der Waals surface area contributed by atoms with Gasteiger partial charge in [0.05, 0.1) is 17.7 Å². The normalized spacial score (nSPS) is 10.7. The van der Waals surface area contributed by atoms with Gasteiger partial charge >= 0.3 is 5.97 Å². The number of benzene rings is 2. The van der Waals surface area contributed by atoms with E-state index in [0.717, 1.165) is 17.4 Å². The van der Waals surface area contributed by atoms with Crippen LogP contribution in [0, 0.1) is 0 Å². The number of hydrogen-bond acceptors (Lipinski definition) is 4. The predicted octanol–water partition coefficient (Wildman–Crippen LogP) is 3.39. The van der Waals surface area contributed by atoms with Crippen molar-refractivity contribution in [1.29, 1.82) is 0 Å². The molecule has 2 aromatic carbocycles. The van der Waals surface area contributed by atoms with Crippen LogP contribution < -0.4 is 4.74 Å². The molecule has 0 aliphatic heterocycles. The number of carbonyl (C=O) groups excluding carboxylic acids is 1. The van der Waals surface area contributed by atoms with Crippen LogP contribution in [0.2, 0.25) is 0 Å². The topological polar surface area (TPSA) is 83.8 Å². The summed E-state index contributed by atoms with van der Waals surface area (Å²) in [6.45, 7) is 2.47. The lowest BCUT2D eigenvalue weighted by molar-refractivity contribution is 0.0697. The Hall–Kier alpha value is -3.08. The largest absolute Gasteiger partial charge is 0.507 e. The first-order chi connectivity index (χ1) is 11.0. The van der Waals surface area contributed by atoms with Crippen molar-refractivity contribution in [1.82, 2.24) is 0 Å². The molecule has 0 saturated carbocycles. The summed E-state index contributed by atoms with van der Waals surface area (Å²) < 4.78 is 5.33. The Labute approximate surface area is 133 Å². The molecule has 0 bridgehead atoms. The molecule has 5 nitrogen and oxygen atoms in total. The van der Waals surface area contributed by atoms with Crippen LogP contribution in [0.15, 0.2) is 48.5 Å². The molecule has 0 spiro atoms. The fourth-order valence-electron chi connectivity index (χ4n) is 1.97. The van der Waals surface area contributed by atoms with E-state index in [1.54, 1.807) is 30.3 Å². The maximum Gasteiger partial charge on any atom is 0.335 e. The second-order valence-electron chi connectivity index (χ2n) is 4.74. The van der Waals surface area contributed by atoms with Gasteiger partial charge in [-0.1, -0.05) is 18.2 Å². The summed E-state index contributed by atoms with van der Waals surface area (Å²) in [5.41, 5.74) is 0.684. The fraction of sp³-hybridized carbons (Fsp3) is 0.111. The lowest BCUT2D eigenvalue weighted by Gasteiger charge is -2.03. The highest BCUT2D eigenvalue weighted by Crippen LogP contribution is 2.20. The Balaban J connectivity index is 2.18. The number of rotatable bonds is 6. The highest BCUT2D eigenvalue weighted by atomic mass is 16.5. The van der Waals surface area contributed by atoms with E-state index >= 15 is 0 Å². The van der Waals surface area contributed by atoms with Gasteiger partial charge in [0.1, 0.15) is 11.5 Å². The maximum atomic E-state index is 12.1. The van der Waals surface area contributed by atoms with E-state index in [1.165, 1.54) is 18.2 Å². The Kier molecular flexibility index (Phi) is 5.15. The Morgan fingerprint density at radius 2 is 1.83 bits per heavy atom. The molecule has 118 valence electrons. The smallest absolute Gasteiger partial charge is 0.335 e. The second-order valence-corrected chi connectivity index (χ2v) is 4.74. The van der Waals surface area contributed by atoms with Crippen LogP contribution in [0.1, 0.15) is 33.2 Å². The minimum Gasteiger partial charge on any atom is -0.507 e. The molecule has 2 N–H and O–H groups in total. The van der Waals surface area contributed by atoms with Gasteiger partial charge in [0.25, 0.3) is 0 Å². The number of allylic oxidation sites excluding steroid dienone is 1. The van der Waals surface area contributed by atoms with Crippen LogP contribution in [-0.4, -0.2) is 28.6 Å². The average Bonchev–Trinajstić information content (AvgIpc) is 2.54. The first-order valence-electron chi connectivity index (χ1n) is 7.03. The number of phenols is 1. The second kappa shape index (κ2) is 7.26. The number of ether oxygens (including phenoxy) is 1. The van der Waals surface area contributed by atoms with E-state index in [0.29, 0.717) is 6.61 Å². The molecule has 0 heterocycles. The molecule has 0 amide bonds. The molecule has 0 saturated heterocycles. The zero-order valence-electron chi connectivity index (χ0n) is 12.5. The van der Waals surface area contributed by atoms with Gasteiger partial charge in [-0.25, -0.2) is 4.79 Å². The number of carbonyl (C=O) groups is 2. The number of aromatic hydroxyl groups is 1. The van der Waals surface area contributed by atoms with Crippen molar-refractivity contribution in [3.63, 3.8) is 0 Å². The number of phenolic OH excluding ortho intramolecular Hbond substituents is 1. The van der Waals surface area contributed by atoms with Crippen LogP contribution >= 0.6 is 0 Å². The average molecular weight is 312 g/mol. The quantitative estimate of drug-likeness (QED) is 0.631. The van der Waals surface area contributed by atoms with E-state index in [2.05, 4.69) is 0 Å². The number of carboxylic acids is 1. The molecule has 2 rings (SSSR count). The van der Waals surface area contributed by atoms with E-state index in [-0.39, 0.29) is 16.9 Å². The van der Waals surface area contributed by atoms with Crippen LogP contribution in [0.5, 0.6) is 11.5 Å². The van der Waals surface area contributed by atoms with Crippen molar-refractivity contribution in [3.8, 4) is 11.5 Å². The standard InChI is InChI=1S/C18H16O5/c1-2-23-14-7-3-12(4-8-14)5-9-16(19)15-11-13(18(21)22)6-10-17(15)20/h3-11,20H,2H2,1H3,(H,21,22)/b9-5+. The van der Waals surface area contributed by atoms with E-state index in [1.807, 2.05) is 6.92 Å². The number of ketones is 1. The van der Waals surface area contributed by atoms with Gasteiger partial charge in [-0.15, -0.1) is 0 Å². The molecular formula is C18H16O5. The zero-order chi connectivity index (χ0) is 16.8. The van der Waals surface area contributed by atoms with Gasteiger partial charge in [0, 0.05) is 0 Å². The van der Waals surface area contributed by atoms with Crippen molar-refractivity contribution < 1.29 is 24.5 Å². The third-order valence-corrected chi connectivity index (χ3v) is 3.13. The zero-order valence-corrected chi connectivity index (χ0v) is 12.5. The first kappa shape index (κ1) is 16.3. The predicted molar refractivity (Wildman–Crippen MR) is 86.0 cm³/mol. The van der Waals surface area contributed by atoms with Gasteiger partial charge < -0.3 is 14.9 Å². The number of hydrogen-bond donors (Lipinski definition) is 2. The SMILES string of the molecule is CCOc1ccc(/C=C/C(=O)c2cc(C(=O)O)ccc2O)cc1. The fourth-order valence-corrected chi connectivity index (χ4v) is 1.97. The molecule has 23 heavy (non-hydrogen) atoms. The van der Waals surface area contributed by atoms with Crippen LogP contribution in [-0.2, 0) is 0 Å². The van der Waals surface area contributed by atoms with Gasteiger partial charge in [-0.05, 0) is 48.9 Å². The molecule has 0 fully saturated rings. The maximum absolute atomic E-state index is 12.1. The minimum atomic E-state index is -1.16. The van der Waals surface area contributed by atoms with Crippen LogP contribution in [0.25, 0.3) is 6.08 Å². The lowest BCUT2D eigenvalue weighted by Crippen LogP contribution is -2.01. The van der Waals surface area contributed by atoms with Crippen molar-refractivity contribution in [2.24, 2.45) is 0 Å². The molecule has 0 unspecified atom stereocenters. The molecule has 0 aliphatic carbocycles. The number of aromatic carboxylic acids is 1. The van der Waals surface area contributed by atoms with Gasteiger partial charge in [-0.2, -0.15) is 0 Å². The minimum absolute atomic E-state index is 0.0490. The van der Waals surface area contributed by atoms with E-state index in [4.69, 9.17) is 9.84 Å². The van der Waals surface area contributed by atoms with Gasteiger partial charge in [0.2, 0.25) is 0 Å². The van der Waals surface area contributed by atoms with Crippen molar-refractivity contribution in [2.75, 3.05) is 6.61 Å². The Bertz CT molecular complexity index is 745. The summed E-state index contributed by atoms with van der Waals surface area (Å²) in [5, 5.41) is 18.7. The van der Waals surface area contributed by atoms with E-state index < -0.39 is 11.8 Å². The summed E-state index contributed by atoms with van der Waals surface area (Å²) in [7, 11) is 0. The lowest BCUT2D eigenvalue weighted by atomic mass is 10.0. The summed E-state index contributed by atoms with van der Waals surface area (Å²) in [6.07, 6.45) is 2.88.